The van der Waals surface area contributed by atoms with Crippen LogP contribution in [-0.2, 0) is 24.2 Å². The van der Waals surface area contributed by atoms with Crippen molar-refractivity contribution in [1.82, 2.24) is 35.3 Å². The molecule has 11 heteroatoms. The number of benzene rings is 1. The van der Waals surface area contributed by atoms with Crippen molar-refractivity contribution in [2.24, 2.45) is 11.3 Å². The van der Waals surface area contributed by atoms with Crippen LogP contribution in [0, 0.1) is 11.3 Å². The van der Waals surface area contributed by atoms with Crippen molar-refractivity contribution in [3.05, 3.63) is 46.3 Å². The van der Waals surface area contributed by atoms with E-state index >= 15 is 0 Å². The lowest BCUT2D eigenvalue weighted by Crippen LogP contribution is -2.46. The molecule has 6 heterocycles. The summed E-state index contributed by atoms with van der Waals surface area (Å²) in [5.41, 5.74) is 9.58. The van der Waals surface area contributed by atoms with Gasteiger partial charge in [0.2, 0.25) is 5.91 Å². The van der Waals surface area contributed by atoms with Gasteiger partial charge in [-0.3, -0.25) is 9.48 Å². The van der Waals surface area contributed by atoms with Gasteiger partial charge in [-0.25, -0.2) is 14.2 Å². The number of carbonyl (C=O) groups is 1. The molecule has 2 aromatic rings. The summed E-state index contributed by atoms with van der Waals surface area (Å²) in [6, 6.07) is 4.02. The Balaban J connectivity index is 1.09. The van der Waals surface area contributed by atoms with Crippen LogP contribution in [0.15, 0.2) is 18.3 Å². The van der Waals surface area contributed by atoms with E-state index in [1.165, 1.54) is 38.0 Å². The minimum Gasteiger partial charge on any atom is -0.338 e. The Kier molecular flexibility index (Phi) is 7.84. The molecular formula is C35H48F2N8O. The summed E-state index contributed by atoms with van der Waals surface area (Å²) in [7, 11) is 1.89. The normalized spacial score (nSPS) is 24.8. The van der Waals surface area contributed by atoms with Crippen LogP contribution in [0.1, 0.15) is 85.9 Å². The first-order valence-electron chi connectivity index (χ1n) is 17.5. The molecule has 0 radical (unpaired) electrons. The number of hydrogen-bond acceptors (Lipinski definition) is 7. The van der Waals surface area contributed by atoms with Gasteiger partial charge in [0.25, 0.3) is 6.43 Å². The molecule has 8 rings (SSSR count). The Bertz CT molecular complexity index is 1520. The van der Waals surface area contributed by atoms with Crippen LogP contribution in [0.4, 0.5) is 20.3 Å². The van der Waals surface area contributed by atoms with Crippen LogP contribution >= 0.6 is 0 Å². The number of likely N-dealkylation sites (tertiary alicyclic amines) is 1. The van der Waals surface area contributed by atoms with Crippen LogP contribution in [0.25, 0.3) is 5.57 Å². The number of hydrogen-bond donors (Lipinski definition) is 2. The van der Waals surface area contributed by atoms with Gasteiger partial charge in [0.15, 0.2) is 5.82 Å². The third-order valence-electron chi connectivity index (χ3n) is 11.9. The summed E-state index contributed by atoms with van der Waals surface area (Å²) in [6.45, 7) is 9.83. The zero-order chi connectivity index (χ0) is 31.6. The van der Waals surface area contributed by atoms with Gasteiger partial charge < -0.3 is 25.0 Å². The predicted octanol–water partition coefficient (Wildman–Crippen LogP) is 4.63. The molecule has 2 N–H and O–H groups in total. The zero-order valence-electron chi connectivity index (χ0n) is 27.3. The zero-order valence-corrected chi connectivity index (χ0v) is 27.3. The number of aryl methyl sites for hydroxylation is 1. The van der Waals surface area contributed by atoms with Gasteiger partial charge in [0.05, 0.1) is 12.6 Å². The molecule has 1 aromatic carbocycles. The van der Waals surface area contributed by atoms with E-state index in [0.717, 1.165) is 92.4 Å². The fourth-order valence-electron chi connectivity index (χ4n) is 9.00. The van der Waals surface area contributed by atoms with Gasteiger partial charge >= 0.3 is 0 Å². The molecular weight excluding hydrogens is 586 g/mol. The molecule has 1 aliphatic carbocycles. The quantitative estimate of drug-likeness (QED) is 0.481. The maximum Gasteiger partial charge on any atom is 0.264 e. The van der Waals surface area contributed by atoms with E-state index in [1.807, 2.05) is 29.2 Å². The van der Waals surface area contributed by atoms with E-state index in [-0.39, 0.29) is 11.5 Å². The molecule has 6 aliphatic rings. The lowest BCUT2D eigenvalue weighted by atomic mass is 9.82. The van der Waals surface area contributed by atoms with E-state index in [9.17, 15) is 13.6 Å². The Labute approximate surface area is 270 Å². The molecule has 1 unspecified atom stereocenters. The molecule has 9 nitrogen and oxygen atoms in total. The van der Waals surface area contributed by atoms with Gasteiger partial charge in [-0.15, -0.1) is 0 Å². The highest BCUT2D eigenvalue weighted by Gasteiger charge is 2.50. The Morgan fingerprint density at radius 3 is 2.65 bits per heavy atom. The number of anilines is 2. The summed E-state index contributed by atoms with van der Waals surface area (Å²) >= 11 is 0. The van der Waals surface area contributed by atoms with Gasteiger partial charge in [-0.05, 0) is 91.7 Å². The first-order valence-corrected chi connectivity index (χ1v) is 17.5. The number of alkyl halides is 2. The number of piperidine rings is 2. The largest absolute Gasteiger partial charge is 0.338 e. The van der Waals surface area contributed by atoms with Crippen molar-refractivity contribution in [3.8, 4) is 0 Å². The Morgan fingerprint density at radius 1 is 1.11 bits per heavy atom. The number of nitrogens with zero attached hydrogens (tertiary/aromatic N) is 6. The average molecular weight is 635 g/mol. The topological polar surface area (TPSA) is 71.9 Å². The van der Waals surface area contributed by atoms with E-state index in [4.69, 9.17) is 5.10 Å². The summed E-state index contributed by atoms with van der Waals surface area (Å²) < 4.78 is 31.5. The van der Waals surface area contributed by atoms with E-state index in [1.54, 1.807) is 13.0 Å². The van der Waals surface area contributed by atoms with Crippen LogP contribution in [0.2, 0.25) is 0 Å². The number of aromatic nitrogens is 2. The molecule has 46 heavy (non-hydrogen) atoms. The maximum atomic E-state index is 14.6. The molecule has 3 fully saturated rings. The highest BCUT2D eigenvalue weighted by molar-refractivity contribution is 5.78. The molecule has 1 aromatic heterocycles. The Hall–Kier alpha value is -3.02. The third-order valence-corrected chi connectivity index (χ3v) is 11.9. The standard InChI is InChI=1S/C35H48F2N8O/c1-23(46)43-15-8-31-30(21-43)34(40-45(31)27-6-13-42(14-7-27)20-26-5-11-38-22-35(26)9-10-35)44-12-3-4-24-16-28(25-18-39-41(2)19-25)29(33(36)37)17-32(24)44/h16-17,19,26-27,33,38-39H,3-15,18,20-22H2,1-2H3. The minimum atomic E-state index is -2.58. The number of hydrazine groups is 1. The molecule has 5 aliphatic heterocycles. The fourth-order valence-corrected chi connectivity index (χ4v) is 9.00. The number of rotatable bonds is 6. The number of amides is 1. The van der Waals surface area contributed by atoms with Crippen molar-refractivity contribution in [3.63, 3.8) is 0 Å². The summed E-state index contributed by atoms with van der Waals surface area (Å²) in [5, 5.41) is 10.8. The summed E-state index contributed by atoms with van der Waals surface area (Å²) in [5.74, 6) is 1.73. The highest BCUT2D eigenvalue weighted by Crippen LogP contribution is 2.54. The van der Waals surface area contributed by atoms with Crippen LogP contribution in [-0.4, -0.2) is 89.9 Å². The Morgan fingerprint density at radius 2 is 1.93 bits per heavy atom. The monoisotopic (exact) mass is 634 g/mol. The fraction of sp³-hybridized carbons (Fsp3) is 0.657. The second kappa shape index (κ2) is 11.9. The molecule has 0 bridgehead atoms. The molecule has 2 saturated heterocycles. The van der Waals surface area contributed by atoms with E-state index < -0.39 is 6.43 Å². The maximum absolute atomic E-state index is 14.6. The van der Waals surface area contributed by atoms with E-state index in [0.29, 0.717) is 36.7 Å². The van der Waals surface area contributed by atoms with Crippen molar-refractivity contribution >= 4 is 23.0 Å². The lowest BCUT2D eigenvalue weighted by Gasteiger charge is -2.39. The molecule has 1 atom stereocenters. The van der Waals surface area contributed by atoms with Crippen LogP contribution < -0.4 is 15.6 Å². The first-order chi connectivity index (χ1) is 22.3. The van der Waals surface area contributed by atoms with Crippen LogP contribution in [0.5, 0.6) is 0 Å². The molecule has 1 amide bonds. The summed E-state index contributed by atoms with van der Waals surface area (Å²) in [6.07, 6.45) is 8.05. The number of nitrogens with one attached hydrogen (secondary N) is 2. The number of carbonyl (C=O) groups excluding carboxylic acids is 1. The van der Waals surface area contributed by atoms with E-state index in [2.05, 4.69) is 25.2 Å². The van der Waals surface area contributed by atoms with Crippen molar-refractivity contribution in [1.29, 1.82) is 0 Å². The predicted molar refractivity (Wildman–Crippen MR) is 175 cm³/mol. The molecule has 1 spiro atoms. The smallest absolute Gasteiger partial charge is 0.264 e. The third kappa shape index (κ3) is 5.42. The molecule has 1 saturated carbocycles. The lowest BCUT2D eigenvalue weighted by molar-refractivity contribution is -0.129. The summed E-state index contributed by atoms with van der Waals surface area (Å²) in [4.78, 5) is 19.3. The van der Waals surface area contributed by atoms with Crippen molar-refractivity contribution < 1.29 is 13.6 Å². The minimum absolute atomic E-state index is 0.0658. The molecule has 248 valence electrons. The second-order valence-electron chi connectivity index (χ2n) is 14.7. The number of halogens is 2. The SMILES string of the molecule is CC(=O)N1CCc2c(c(N3CCCc4cc(C5=CN(C)NC5)c(C(F)F)cc43)nn2C2CCN(CC3CCNCC34CC4)CC2)C1. The highest BCUT2D eigenvalue weighted by atomic mass is 19.3. The second-order valence-corrected chi connectivity index (χ2v) is 14.7. The van der Waals surface area contributed by atoms with Gasteiger partial charge in [-0.1, -0.05) is 0 Å². The van der Waals surface area contributed by atoms with Crippen molar-refractivity contribution in [2.75, 3.05) is 64.3 Å². The van der Waals surface area contributed by atoms with Gasteiger partial charge in [0.1, 0.15) is 0 Å². The van der Waals surface area contributed by atoms with Gasteiger partial charge in [-0.2, -0.15) is 5.10 Å². The average Bonchev–Trinajstić information content (AvgIpc) is 3.52. The first kappa shape index (κ1) is 30.3. The van der Waals surface area contributed by atoms with Crippen LogP contribution in [0.3, 0.4) is 0 Å². The number of fused-ring (bicyclic) bond motifs is 2. The van der Waals surface area contributed by atoms with Crippen molar-refractivity contribution in [2.45, 2.75) is 77.3 Å². The van der Waals surface area contributed by atoms with Gasteiger partial charge in [0, 0.05) is 94.9 Å².